The number of anilines is 2. The monoisotopic (exact) mass is 460 g/mol. The fourth-order valence-corrected chi connectivity index (χ4v) is 4.28. The van der Waals surface area contributed by atoms with E-state index in [9.17, 15) is 22.8 Å². The summed E-state index contributed by atoms with van der Waals surface area (Å²) in [6.07, 6.45) is 0. The van der Waals surface area contributed by atoms with Gasteiger partial charge in [0.2, 0.25) is 5.91 Å². The number of benzene rings is 2. The predicted molar refractivity (Wildman–Crippen MR) is 119 cm³/mol. The van der Waals surface area contributed by atoms with Crippen molar-refractivity contribution in [3.63, 3.8) is 0 Å². The third-order valence-electron chi connectivity index (χ3n) is 5.02. The normalized spacial score (nSPS) is 14.2. The number of fused-ring (bicyclic) bond motifs is 1. The summed E-state index contributed by atoms with van der Waals surface area (Å²) < 4.78 is 36.0. The molecule has 0 fully saturated rings. The molecular formula is C22H24N2O7S. The molecule has 0 bridgehead atoms. The van der Waals surface area contributed by atoms with Gasteiger partial charge in [-0.3, -0.25) is 14.4 Å². The first-order valence-electron chi connectivity index (χ1n) is 9.94. The fourth-order valence-electron chi connectivity index (χ4n) is 3.13. The Kier molecular flexibility index (Phi) is 6.83. The van der Waals surface area contributed by atoms with Crippen LogP contribution >= 0.6 is 0 Å². The number of ketones is 1. The summed E-state index contributed by atoms with van der Waals surface area (Å²) in [7, 11) is -2.54. The third kappa shape index (κ3) is 5.08. The van der Waals surface area contributed by atoms with Gasteiger partial charge in [-0.15, -0.1) is 0 Å². The number of carbonyl (C=O) groups is 3. The molecule has 1 atom stereocenters. The number of amides is 2. The number of ether oxygens (including phenoxy) is 2. The van der Waals surface area contributed by atoms with Crippen LogP contribution in [0.3, 0.4) is 0 Å². The molecule has 0 aromatic heterocycles. The van der Waals surface area contributed by atoms with Gasteiger partial charge in [0, 0.05) is 18.3 Å². The molecule has 9 nitrogen and oxygen atoms in total. The highest BCUT2D eigenvalue weighted by atomic mass is 32.2. The second-order valence-electron chi connectivity index (χ2n) is 7.24. The summed E-state index contributed by atoms with van der Waals surface area (Å²) in [5, 5.41) is 1.06. The van der Waals surface area contributed by atoms with Gasteiger partial charge in [-0.05, 0) is 56.3 Å². The number of hydrogen-bond donors (Lipinski definition) is 1. The molecule has 1 aliphatic rings. The lowest BCUT2D eigenvalue weighted by atomic mass is 10.1. The minimum Gasteiger partial charge on any atom is -0.494 e. The smallest absolute Gasteiger partial charge is 0.264 e. The number of nitrogens with zero attached hydrogens (tertiary/aromatic N) is 1. The highest BCUT2D eigenvalue weighted by Gasteiger charge is 2.32. The molecule has 0 aliphatic carbocycles. The van der Waals surface area contributed by atoms with Crippen LogP contribution in [0.5, 0.6) is 11.5 Å². The average molecular weight is 461 g/mol. The van der Waals surface area contributed by atoms with Gasteiger partial charge < -0.3 is 19.7 Å². The van der Waals surface area contributed by atoms with Crippen LogP contribution in [0, 0.1) is 0 Å². The highest BCUT2D eigenvalue weighted by molar-refractivity contribution is 7.93. The fraction of sp³-hybridized carbons (Fsp3) is 0.318. The topological polar surface area (TPSA) is 119 Å². The Balaban J connectivity index is 1.69. The van der Waals surface area contributed by atoms with E-state index >= 15 is 0 Å². The van der Waals surface area contributed by atoms with Crippen LogP contribution in [0.25, 0.3) is 0 Å². The van der Waals surface area contributed by atoms with Crippen molar-refractivity contribution in [3.05, 3.63) is 48.0 Å². The number of nitrogens with one attached hydrogen (secondary N) is 1. The second kappa shape index (κ2) is 9.39. The Bertz CT molecular complexity index is 1140. The number of likely N-dealkylation sites (N-methyl/N-ethyl adjacent to an activating group) is 1. The van der Waals surface area contributed by atoms with Gasteiger partial charge >= 0.3 is 0 Å². The first kappa shape index (κ1) is 23.3. The van der Waals surface area contributed by atoms with E-state index in [1.165, 1.54) is 30.0 Å². The Morgan fingerprint density at radius 3 is 2.53 bits per heavy atom. The maximum atomic E-state index is 12.8. The largest absolute Gasteiger partial charge is 0.494 e. The van der Waals surface area contributed by atoms with Gasteiger partial charge in [0.15, 0.2) is 22.2 Å². The van der Waals surface area contributed by atoms with Crippen LogP contribution < -0.4 is 19.7 Å². The van der Waals surface area contributed by atoms with E-state index in [-0.39, 0.29) is 18.1 Å². The van der Waals surface area contributed by atoms with Crippen molar-refractivity contribution in [2.45, 2.75) is 19.1 Å². The van der Waals surface area contributed by atoms with E-state index in [0.29, 0.717) is 29.5 Å². The molecule has 32 heavy (non-hydrogen) atoms. The van der Waals surface area contributed by atoms with Crippen molar-refractivity contribution >= 4 is 38.8 Å². The standard InChI is InChI=1S/C22H24N2O7S/c1-4-30-17-8-6-16(7-9-17)23-20(25)13-32(28,29)14(2)22(27)15-5-10-19-18(11-15)24(3)21(26)12-31-19/h5-11,14H,4,12-13H2,1-3H3,(H,23,25). The molecule has 2 aromatic carbocycles. The first-order chi connectivity index (χ1) is 15.1. The highest BCUT2D eigenvalue weighted by Crippen LogP contribution is 2.32. The molecule has 2 aromatic rings. The summed E-state index contributed by atoms with van der Waals surface area (Å²) in [4.78, 5) is 38.3. The van der Waals surface area contributed by atoms with E-state index in [2.05, 4.69) is 5.32 Å². The Morgan fingerprint density at radius 2 is 1.88 bits per heavy atom. The lowest BCUT2D eigenvalue weighted by Crippen LogP contribution is -2.36. The number of carbonyl (C=O) groups excluding carboxylic acids is 3. The van der Waals surface area contributed by atoms with E-state index in [1.54, 1.807) is 31.3 Å². The van der Waals surface area contributed by atoms with Crippen LogP contribution in [0.1, 0.15) is 24.2 Å². The Hall–Kier alpha value is -3.40. The van der Waals surface area contributed by atoms with Crippen LogP contribution in [-0.2, 0) is 19.4 Å². The zero-order chi connectivity index (χ0) is 23.5. The van der Waals surface area contributed by atoms with E-state index in [1.807, 2.05) is 6.92 Å². The summed E-state index contributed by atoms with van der Waals surface area (Å²) in [5.74, 6) is -1.51. The number of rotatable bonds is 8. The summed E-state index contributed by atoms with van der Waals surface area (Å²) in [6.45, 7) is 3.48. The Morgan fingerprint density at radius 1 is 1.19 bits per heavy atom. The zero-order valence-corrected chi connectivity index (χ0v) is 18.8. The van der Waals surface area contributed by atoms with Crippen molar-refractivity contribution in [2.75, 3.05) is 36.2 Å². The van der Waals surface area contributed by atoms with Gasteiger partial charge in [-0.25, -0.2) is 8.42 Å². The van der Waals surface area contributed by atoms with Crippen molar-refractivity contribution < 1.29 is 32.3 Å². The van der Waals surface area contributed by atoms with Crippen LogP contribution in [0.2, 0.25) is 0 Å². The van der Waals surface area contributed by atoms with E-state index < -0.39 is 32.5 Å². The molecule has 0 spiro atoms. The molecular weight excluding hydrogens is 436 g/mol. The minimum absolute atomic E-state index is 0.106. The molecule has 2 amide bonds. The molecule has 1 heterocycles. The lowest BCUT2D eigenvalue weighted by Gasteiger charge is -2.26. The molecule has 1 unspecified atom stereocenters. The van der Waals surface area contributed by atoms with Gasteiger partial charge in [-0.2, -0.15) is 0 Å². The number of Topliss-reactive ketones (excluding diaryl/α,β-unsaturated/α-hetero) is 1. The average Bonchev–Trinajstić information content (AvgIpc) is 2.76. The van der Waals surface area contributed by atoms with Crippen molar-refractivity contribution in [1.82, 2.24) is 0 Å². The molecule has 170 valence electrons. The minimum atomic E-state index is -4.09. The molecule has 0 saturated carbocycles. The molecule has 1 N–H and O–H groups in total. The molecule has 10 heteroatoms. The van der Waals surface area contributed by atoms with Crippen molar-refractivity contribution in [1.29, 1.82) is 0 Å². The third-order valence-corrected chi connectivity index (χ3v) is 6.98. The molecule has 0 radical (unpaired) electrons. The number of sulfone groups is 1. The van der Waals surface area contributed by atoms with Gasteiger partial charge in [-0.1, -0.05) is 0 Å². The quantitative estimate of drug-likeness (QED) is 0.599. The van der Waals surface area contributed by atoms with Crippen molar-refractivity contribution in [2.24, 2.45) is 0 Å². The molecule has 0 saturated heterocycles. The first-order valence-corrected chi connectivity index (χ1v) is 11.7. The van der Waals surface area contributed by atoms with Crippen LogP contribution in [0.4, 0.5) is 11.4 Å². The number of hydrogen-bond acceptors (Lipinski definition) is 7. The van der Waals surface area contributed by atoms with Crippen molar-refractivity contribution in [3.8, 4) is 11.5 Å². The SMILES string of the molecule is CCOc1ccc(NC(=O)CS(=O)(=O)C(C)C(=O)c2ccc3c(c2)N(C)C(=O)CO3)cc1. The van der Waals surface area contributed by atoms with Crippen LogP contribution in [-0.4, -0.2) is 57.3 Å². The predicted octanol–water partition coefficient (Wildman–Crippen LogP) is 2.07. The lowest BCUT2D eigenvalue weighted by molar-refractivity contribution is -0.121. The van der Waals surface area contributed by atoms with Gasteiger partial charge in [0.25, 0.3) is 5.91 Å². The summed E-state index contributed by atoms with van der Waals surface area (Å²) in [5.41, 5.74) is 0.900. The maximum Gasteiger partial charge on any atom is 0.264 e. The zero-order valence-electron chi connectivity index (χ0n) is 18.0. The molecule has 1 aliphatic heterocycles. The van der Waals surface area contributed by atoms with Gasteiger partial charge in [0.1, 0.15) is 22.5 Å². The van der Waals surface area contributed by atoms with Crippen LogP contribution in [0.15, 0.2) is 42.5 Å². The van der Waals surface area contributed by atoms with E-state index in [0.717, 1.165) is 0 Å². The summed E-state index contributed by atoms with van der Waals surface area (Å²) >= 11 is 0. The maximum absolute atomic E-state index is 12.8. The Labute approximate surface area is 186 Å². The summed E-state index contributed by atoms with van der Waals surface area (Å²) in [6, 6.07) is 10.9. The van der Waals surface area contributed by atoms with E-state index in [4.69, 9.17) is 9.47 Å². The second-order valence-corrected chi connectivity index (χ2v) is 9.56. The molecule has 3 rings (SSSR count). The van der Waals surface area contributed by atoms with Gasteiger partial charge in [0.05, 0.1) is 12.3 Å².